The number of benzene rings is 5. The van der Waals surface area contributed by atoms with Gasteiger partial charge in [-0.1, -0.05) is 72.8 Å². The van der Waals surface area contributed by atoms with Gasteiger partial charge in [0.25, 0.3) is 10.0 Å². The van der Waals surface area contributed by atoms with Crippen molar-refractivity contribution >= 4 is 37.8 Å². The van der Waals surface area contributed by atoms with Gasteiger partial charge in [-0.15, -0.1) is 0 Å². The number of sulfonamides is 1. The average Bonchev–Trinajstić information content (AvgIpc) is 2.92. The molecule has 7 heteroatoms. The maximum atomic E-state index is 12.7. The summed E-state index contributed by atoms with van der Waals surface area (Å²) in [6.45, 7) is 2.74. The molecule has 5 aromatic rings. The van der Waals surface area contributed by atoms with E-state index in [4.69, 9.17) is 9.47 Å². The van der Waals surface area contributed by atoms with Crippen molar-refractivity contribution in [3.63, 3.8) is 0 Å². The molecule has 0 amide bonds. The second-order valence-electron chi connectivity index (χ2n) is 8.43. The van der Waals surface area contributed by atoms with Crippen molar-refractivity contribution in [2.24, 2.45) is 5.10 Å². The molecule has 0 aliphatic rings. The second-order valence-corrected chi connectivity index (χ2v) is 10.1. The molecule has 186 valence electrons. The van der Waals surface area contributed by atoms with Crippen molar-refractivity contribution in [1.82, 2.24) is 4.83 Å². The molecule has 0 unspecified atom stereocenters. The Kier molecular flexibility index (Phi) is 7.05. The number of fused-ring (bicyclic) bond motifs is 2. The fraction of sp³-hybridized carbons (Fsp3) is 0.100. The van der Waals surface area contributed by atoms with Crippen molar-refractivity contribution in [3.8, 4) is 11.5 Å². The van der Waals surface area contributed by atoms with Crippen LogP contribution in [-0.2, 0) is 16.6 Å². The monoisotopic (exact) mass is 510 g/mol. The summed E-state index contributed by atoms with van der Waals surface area (Å²) in [5, 5.41) is 8.08. The zero-order valence-electron chi connectivity index (χ0n) is 20.3. The topological polar surface area (TPSA) is 77.0 Å². The van der Waals surface area contributed by atoms with Crippen LogP contribution in [0.1, 0.15) is 18.1 Å². The predicted octanol–water partition coefficient (Wildman–Crippen LogP) is 6.28. The smallest absolute Gasteiger partial charge is 0.276 e. The number of hydrogen-bond acceptors (Lipinski definition) is 5. The van der Waals surface area contributed by atoms with Crippen LogP contribution in [0, 0.1) is 0 Å². The lowest BCUT2D eigenvalue weighted by molar-refractivity contribution is 0.270. The van der Waals surface area contributed by atoms with E-state index in [0.717, 1.165) is 27.1 Å². The van der Waals surface area contributed by atoms with Gasteiger partial charge in [-0.3, -0.25) is 0 Å². The SMILES string of the molecule is CCOc1cc(/C=N/NS(=O)(=O)c2ccc3ccccc3c2)ccc1OCc1cccc2ccccc12. The molecule has 0 aliphatic carbocycles. The molecule has 5 rings (SSSR count). The first-order valence-corrected chi connectivity index (χ1v) is 13.4. The van der Waals surface area contributed by atoms with E-state index in [2.05, 4.69) is 28.1 Å². The molecule has 0 spiro atoms. The molecule has 0 heterocycles. The summed E-state index contributed by atoms with van der Waals surface area (Å²) >= 11 is 0. The first-order chi connectivity index (χ1) is 18.0. The van der Waals surface area contributed by atoms with E-state index in [1.807, 2.05) is 55.5 Å². The van der Waals surface area contributed by atoms with E-state index >= 15 is 0 Å². The van der Waals surface area contributed by atoms with Crippen molar-refractivity contribution in [2.75, 3.05) is 6.61 Å². The Hall–Kier alpha value is -4.36. The summed E-state index contributed by atoms with van der Waals surface area (Å²) in [6.07, 6.45) is 1.44. The lowest BCUT2D eigenvalue weighted by Crippen LogP contribution is -2.18. The van der Waals surface area contributed by atoms with Crippen LogP contribution < -0.4 is 14.3 Å². The Morgan fingerprint density at radius 2 is 1.51 bits per heavy atom. The van der Waals surface area contributed by atoms with Gasteiger partial charge in [0.1, 0.15) is 6.61 Å². The highest BCUT2D eigenvalue weighted by Crippen LogP contribution is 2.30. The molecule has 0 atom stereocenters. The van der Waals surface area contributed by atoms with Crippen molar-refractivity contribution in [2.45, 2.75) is 18.4 Å². The van der Waals surface area contributed by atoms with Crippen molar-refractivity contribution in [1.29, 1.82) is 0 Å². The Morgan fingerprint density at radius 1 is 0.757 bits per heavy atom. The third kappa shape index (κ3) is 5.57. The summed E-state index contributed by atoms with van der Waals surface area (Å²) < 4.78 is 37.4. The summed E-state index contributed by atoms with van der Waals surface area (Å²) in [5.74, 6) is 1.16. The van der Waals surface area contributed by atoms with E-state index in [-0.39, 0.29) is 4.90 Å². The summed E-state index contributed by atoms with van der Waals surface area (Å²) in [5.41, 5.74) is 1.75. The number of hydrogen-bond donors (Lipinski definition) is 1. The largest absolute Gasteiger partial charge is 0.490 e. The van der Waals surface area contributed by atoms with Crippen LogP contribution in [0.3, 0.4) is 0 Å². The maximum Gasteiger partial charge on any atom is 0.276 e. The fourth-order valence-corrected chi connectivity index (χ4v) is 4.95. The second kappa shape index (κ2) is 10.7. The third-order valence-corrected chi connectivity index (χ3v) is 7.17. The molecule has 0 saturated heterocycles. The molecule has 6 nitrogen and oxygen atoms in total. The number of nitrogens with one attached hydrogen (secondary N) is 1. The van der Waals surface area contributed by atoms with Crippen molar-refractivity contribution in [3.05, 3.63) is 114 Å². The number of rotatable bonds is 9. The average molecular weight is 511 g/mol. The molecule has 0 radical (unpaired) electrons. The van der Waals surface area contributed by atoms with Gasteiger partial charge in [0, 0.05) is 0 Å². The van der Waals surface area contributed by atoms with Gasteiger partial charge in [-0.05, 0) is 69.9 Å². The third-order valence-electron chi connectivity index (χ3n) is 5.95. The van der Waals surface area contributed by atoms with Crippen LogP contribution in [0.5, 0.6) is 11.5 Å². The van der Waals surface area contributed by atoms with Gasteiger partial charge in [-0.25, -0.2) is 4.83 Å². The molecule has 37 heavy (non-hydrogen) atoms. The van der Waals surface area contributed by atoms with E-state index in [1.54, 1.807) is 36.4 Å². The van der Waals surface area contributed by atoms with E-state index in [0.29, 0.717) is 30.3 Å². The van der Waals surface area contributed by atoms with Crippen LogP contribution in [0.25, 0.3) is 21.5 Å². The van der Waals surface area contributed by atoms with Gasteiger partial charge in [0.05, 0.1) is 17.7 Å². The standard InChI is InChI=1S/C30H26N2O4S/c1-2-35-30-18-22(14-17-29(30)36-21-26-12-7-11-24-9-5-6-13-28(24)26)20-31-32-37(33,34)27-16-15-23-8-3-4-10-25(23)19-27/h3-20,32H,2,21H2,1H3/b31-20+. The van der Waals surface area contributed by atoms with Crippen LogP contribution in [0.4, 0.5) is 0 Å². The Balaban J connectivity index is 1.30. The van der Waals surface area contributed by atoms with Crippen LogP contribution in [-0.4, -0.2) is 21.2 Å². The van der Waals surface area contributed by atoms with Gasteiger partial charge in [-0.2, -0.15) is 13.5 Å². The first kappa shape index (κ1) is 24.3. The molecular weight excluding hydrogens is 484 g/mol. The highest BCUT2D eigenvalue weighted by atomic mass is 32.2. The minimum Gasteiger partial charge on any atom is -0.490 e. The lowest BCUT2D eigenvalue weighted by atomic mass is 10.1. The van der Waals surface area contributed by atoms with Gasteiger partial charge in [0.15, 0.2) is 11.5 Å². The lowest BCUT2D eigenvalue weighted by Gasteiger charge is -2.14. The van der Waals surface area contributed by atoms with Gasteiger partial charge < -0.3 is 9.47 Å². The van der Waals surface area contributed by atoms with Gasteiger partial charge in [0.2, 0.25) is 0 Å². The Labute approximate surface area is 216 Å². The Bertz CT molecular complexity index is 1690. The molecule has 0 aromatic heterocycles. The predicted molar refractivity (Wildman–Crippen MR) is 148 cm³/mol. The molecule has 5 aromatic carbocycles. The van der Waals surface area contributed by atoms with Gasteiger partial charge >= 0.3 is 0 Å². The highest BCUT2D eigenvalue weighted by molar-refractivity contribution is 7.89. The normalized spacial score (nSPS) is 11.7. The number of ether oxygens (including phenoxy) is 2. The quantitative estimate of drug-likeness (QED) is 0.187. The van der Waals surface area contributed by atoms with E-state index < -0.39 is 10.0 Å². The fourth-order valence-electron chi connectivity index (χ4n) is 4.12. The molecule has 0 fully saturated rings. The first-order valence-electron chi connectivity index (χ1n) is 11.9. The van der Waals surface area contributed by atoms with Crippen LogP contribution in [0.15, 0.2) is 113 Å². The molecular formula is C30H26N2O4S. The van der Waals surface area contributed by atoms with Crippen molar-refractivity contribution < 1.29 is 17.9 Å². The minimum atomic E-state index is -3.81. The summed E-state index contributed by atoms with van der Waals surface area (Å²) in [6, 6.07) is 32.3. The molecule has 0 saturated carbocycles. The molecule has 0 bridgehead atoms. The van der Waals surface area contributed by atoms with Crippen LogP contribution in [0.2, 0.25) is 0 Å². The summed E-state index contributed by atoms with van der Waals surface area (Å²) in [4.78, 5) is 2.44. The highest BCUT2D eigenvalue weighted by Gasteiger charge is 2.13. The Morgan fingerprint density at radius 3 is 2.35 bits per heavy atom. The molecule has 1 N–H and O–H groups in total. The number of nitrogens with zero attached hydrogens (tertiary/aromatic N) is 1. The zero-order valence-corrected chi connectivity index (χ0v) is 21.1. The molecule has 0 aliphatic heterocycles. The van der Waals surface area contributed by atoms with E-state index in [9.17, 15) is 8.42 Å². The van der Waals surface area contributed by atoms with E-state index in [1.165, 1.54) is 6.21 Å². The minimum absolute atomic E-state index is 0.149. The zero-order chi connectivity index (χ0) is 25.7. The maximum absolute atomic E-state index is 12.7. The van der Waals surface area contributed by atoms with Crippen LogP contribution >= 0.6 is 0 Å². The number of hydrazone groups is 1. The summed E-state index contributed by atoms with van der Waals surface area (Å²) in [7, 11) is -3.81.